The highest BCUT2D eigenvalue weighted by Gasteiger charge is 2.24. The van der Waals surface area contributed by atoms with Gasteiger partial charge in [-0.05, 0) is 46.3 Å². The number of hydrogen-bond acceptors (Lipinski definition) is 5. The first-order valence-electron chi connectivity index (χ1n) is 7.03. The van der Waals surface area contributed by atoms with Crippen LogP contribution in [-0.4, -0.2) is 11.1 Å². The average Bonchev–Trinajstić information content (AvgIpc) is 2.58. The van der Waals surface area contributed by atoms with Gasteiger partial charge < -0.3 is 15.7 Å². The highest BCUT2D eigenvalue weighted by Crippen LogP contribution is 2.32. The number of carboxylic acid groups (broad SMARTS) is 1. The van der Waals surface area contributed by atoms with Gasteiger partial charge in [-0.3, -0.25) is 9.59 Å². The molecule has 0 radical (unpaired) electrons. The number of anilines is 4. The number of carbonyl (C=O) groups is 1. The van der Waals surface area contributed by atoms with Gasteiger partial charge in [0.25, 0.3) is 10.9 Å². The molecule has 0 heterocycles. The van der Waals surface area contributed by atoms with E-state index in [9.17, 15) is 19.5 Å². The zero-order valence-electron chi connectivity index (χ0n) is 12.5. The van der Waals surface area contributed by atoms with Crippen LogP contribution < -0.4 is 21.5 Å². The van der Waals surface area contributed by atoms with E-state index in [1.54, 1.807) is 30.3 Å². The van der Waals surface area contributed by atoms with Gasteiger partial charge in [-0.25, -0.2) is 4.79 Å². The summed E-state index contributed by atoms with van der Waals surface area (Å²) < 4.78 is 1.28. The average molecular weight is 466 g/mol. The van der Waals surface area contributed by atoms with E-state index in [4.69, 9.17) is 0 Å². The van der Waals surface area contributed by atoms with Crippen LogP contribution in [0.3, 0.4) is 0 Å². The van der Waals surface area contributed by atoms with Crippen molar-refractivity contribution in [3.63, 3.8) is 0 Å². The molecule has 3 aromatic carbocycles. The number of aromatic carboxylic acids is 1. The third kappa shape index (κ3) is 3.35. The molecule has 0 saturated heterocycles. The van der Waals surface area contributed by atoms with Crippen molar-refractivity contribution in [1.82, 2.24) is 0 Å². The first kappa shape index (κ1) is 17.4. The Morgan fingerprint density at radius 2 is 1.52 bits per heavy atom. The van der Waals surface area contributed by atoms with E-state index < -0.39 is 16.8 Å². The van der Waals surface area contributed by atoms with Crippen LogP contribution >= 0.6 is 31.9 Å². The number of halogens is 2. The lowest BCUT2D eigenvalue weighted by Crippen LogP contribution is -2.36. The molecule has 0 aliphatic carbocycles. The van der Waals surface area contributed by atoms with Gasteiger partial charge in [0, 0.05) is 14.6 Å². The molecule has 0 spiro atoms. The van der Waals surface area contributed by atoms with Gasteiger partial charge in [-0.1, -0.05) is 28.1 Å². The summed E-state index contributed by atoms with van der Waals surface area (Å²) in [6, 6.07) is 11.7. The van der Waals surface area contributed by atoms with E-state index in [1.165, 1.54) is 6.07 Å². The largest absolute Gasteiger partial charge is 0.478 e. The maximum atomic E-state index is 11.9. The molecule has 0 atom stereocenters. The van der Waals surface area contributed by atoms with E-state index in [0.717, 1.165) is 4.47 Å². The maximum Gasteiger partial charge on any atom is 0.337 e. The predicted octanol–water partition coefficient (Wildman–Crippen LogP) is 3.99. The molecular weight excluding hydrogens is 456 g/mol. The maximum absolute atomic E-state index is 11.9. The second-order valence-electron chi connectivity index (χ2n) is 5.14. The number of hydrogen-bond donors (Lipinski definition) is 3. The minimum absolute atomic E-state index is 0.0178. The molecule has 25 heavy (non-hydrogen) atoms. The summed E-state index contributed by atoms with van der Waals surface area (Å²) in [6.07, 6.45) is 0. The molecule has 0 saturated carbocycles. The molecule has 0 unspecified atom stereocenters. The molecule has 3 N–H and O–H groups in total. The second-order valence-corrected chi connectivity index (χ2v) is 6.91. The summed E-state index contributed by atoms with van der Waals surface area (Å²) in [4.78, 5) is 35.2. The number of benzene rings is 2. The van der Waals surface area contributed by atoms with Crippen molar-refractivity contribution >= 4 is 60.6 Å². The second kappa shape index (κ2) is 6.81. The third-order valence-corrected chi connectivity index (χ3v) is 4.65. The number of rotatable bonds is 5. The minimum atomic E-state index is -1.15. The summed E-state index contributed by atoms with van der Waals surface area (Å²) in [5.41, 5.74) is -0.434. The lowest BCUT2D eigenvalue weighted by molar-refractivity contribution is 0.0698. The Hall–Kier alpha value is -2.45. The van der Waals surface area contributed by atoms with Gasteiger partial charge in [-0.15, -0.1) is 0 Å². The van der Waals surface area contributed by atoms with Crippen molar-refractivity contribution in [2.75, 3.05) is 10.6 Å². The quantitative estimate of drug-likeness (QED) is 0.493. The fourth-order valence-corrected chi connectivity index (χ4v) is 3.16. The molecule has 126 valence electrons. The summed E-state index contributed by atoms with van der Waals surface area (Å²) in [7, 11) is 0. The van der Waals surface area contributed by atoms with Crippen LogP contribution in [0.2, 0.25) is 0 Å². The molecule has 3 rings (SSSR count). The standard InChI is InChI=1S/C17H10Br2N2O4/c18-8-3-1-4-9(7-8)20-13-14(16(23)15(13)22)21-12-10(17(24)25)5-2-6-11(12)19/h1-7,20-21H,(H,24,25). The van der Waals surface area contributed by atoms with Crippen LogP contribution in [0, 0.1) is 0 Å². The molecule has 0 amide bonds. The SMILES string of the molecule is O=C(O)c1cccc(Br)c1Nc1c(Nc2cccc(Br)c2)c(=O)c1=O. The van der Waals surface area contributed by atoms with Gasteiger partial charge in [-0.2, -0.15) is 0 Å². The molecule has 0 bridgehead atoms. The van der Waals surface area contributed by atoms with Gasteiger partial charge in [0.05, 0.1) is 11.3 Å². The topological polar surface area (TPSA) is 95.5 Å². The number of nitrogens with one attached hydrogen (secondary N) is 2. The van der Waals surface area contributed by atoms with Gasteiger partial charge >= 0.3 is 5.97 Å². The van der Waals surface area contributed by atoms with Crippen LogP contribution in [0.15, 0.2) is 61.0 Å². The predicted molar refractivity (Wildman–Crippen MR) is 103 cm³/mol. The van der Waals surface area contributed by atoms with E-state index in [1.807, 2.05) is 6.07 Å². The Balaban J connectivity index is 1.99. The Morgan fingerprint density at radius 3 is 2.16 bits per heavy atom. The van der Waals surface area contributed by atoms with Crippen molar-refractivity contribution in [2.24, 2.45) is 0 Å². The van der Waals surface area contributed by atoms with Crippen molar-refractivity contribution in [1.29, 1.82) is 0 Å². The van der Waals surface area contributed by atoms with E-state index >= 15 is 0 Å². The monoisotopic (exact) mass is 464 g/mol. The van der Waals surface area contributed by atoms with E-state index in [-0.39, 0.29) is 22.6 Å². The van der Waals surface area contributed by atoms with Crippen molar-refractivity contribution in [2.45, 2.75) is 0 Å². The molecule has 8 heteroatoms. The first-order valence-corrected chi connectivity index (χ1v) is 8.62. The Bertz CT molecular complexity index is 1060. The van der Waals surface area contributed by atoms with Crippen molar-refractivity contribution in [3.05, 3.63) is 77.4 Å². The van der Waals surface area contributed by atoms with Crippen LogP contribution in [0.25, 0.3) is 0 Å². The lowest BCUT2D eigenvalue weighted by atomic mass is 10.1. The fourth-order valence-electron chi connectivity index (χ4n) is 2.30. The van der Waals surface area contributed by atoms with Gasteiger partial charge in [0.2, 0.25) is 0 Å². The summed E-state index contributed by atoms with van der Waals surface area (Å²) >= 11 is 6.59. The molecule has 0 aromatic heterocycles. The van der Waals surface area contributed by atoms with Crippen LogP contribution in [0.4, 0.5) is 22.7 Å². The third-order valence-electron chi connectivity index (χ3n) is 3.50. The zero-order valence-corrected chi connectivity index (χ0v) is 15.6. The Morgan fingerprint density at radius 1 is 0.880 bits per heavy atom. The van der Waals surface area contributed by atoms with E-state index in [2.05, 4.69) is 42.5 Å². The summed E-state index contributed by atoms with van der Waals surface area (Å²) in [6.45, 7) is 0. The Labute approximate surface area is 158 Å². The number of carboxylic acids is 1. The molecule has 0 fully saturated rings. The molecule has 0 aliphatic rings. The van der Waals surface area contributed by atoms with Gasteiger partial charge in [0.1, 0.15) is 11.4 Å². The molecular formula is C17H10Br2N2O4. The zero-order chi connectivity index (χ0) is 18.1. The van der Waals surface area contributed by atoms with Crippen LogP contribution in [0.1, 0.15) is 10.4 Å². The smallest absolute Gasteiger partial charge is 0.337 e. The molecule has 3 aromatic rings. The molecule has 0 aliphatic heterocycles. The van der Waals surface area contributed by atoms with Crippen molar-refractivity contribution in [3.8, 4) is 0 Å². The highest BCUT2D eigenvalue weighted by molar-refractivity contribution is 9.10. The van der Waals surface area contributed by atoms with Gasteiger partial charge in [0.15, 0.2) is 0 Å². The minimum Gasteiger partial charge on any atom is -0.478 e. The summed E-state index contributed by atoms with van der Waals surface area (Å²) in [5.74, 6) is -1.15. The summed E-state index contributed by atoms with van der Waals surface area (Å²) in [5, 5.41) is 15.0. The van der Waals surface area contributed by atoms with Crippen molar-refractivity contribution < 1.29 is 9.90 Å². The number of para-hydroxylation sites is 1. The highest BCUT2D eigenvalue weighted by atomic mass is 79.9. The lowest BCUT2D eigenvalue weighted by Gasteiger charge is -2.17. The van der Waals surface area contributed by atoms with E-state index in [0.29, 0.717) is 10.2 Å². The molecule has 6 nitrogen and oxygen atoms in total. The van der Waals surface area contributed by atoms with Crippen LogP contribution in [-0.2, 0) is 0 Å². The fraction of sp³-hybridized carbons (Fsp3) is 0. The Kier molecular flexibility index (Phi) is 4.73. The first-order chi connectivity index (χ1) is 11.9. The normalized spacial score (nSPS) is 10.6. The van der Waals surface area contributed by atoms with Crippen LogP contribution in [0.5, 0.6) is 0 Å².